The van der Waals surface area contributed by atoms with Crippen molar-refractivity contribution in [1.82, 2.24) is 10.6 Å². The first-order valence-corrected chi connectivity index (χ1v) is 8.46. The Balaban J connectivity index is 1.91. The van der Waals surface area contributed by atoms with Gasteiger partial charge in [-0.1, -0.05) is 35.9 Å². The molecular formula is C20H27N3O2. The lowest BCUT2D eigenvalue weighted by atomic mass is 10.1. The number of nitrogens with one attached hydrogen (secondary N) is 2. The fraction of sp³-hybridized carbons (Fsp3) is 0.350. The number of aryl methyl sites for hydroxylation is 1. The van der Waals surface area contributed by atoms with Crippen LogP contribution in [0.15, 0.2) is 47.5 Å². The minimum Gasteiger partial charge on any atom is -0.493 e. The Morgan fingerprint density at radius 1 is 0.960 bits per heavy atom. The third-order valence-corrected chi connectivity index (χ3v) is 3.79. The van der Waals surface area contributed by atoms with Crippen LogP contribution >= 0.6 is 0 Å². The van der Waals surface area contributed by atoms with E-state index in [4.69, 9.17) is 9.47 Å². The van der Waals surface area contributed by atoms with Gasteiger partial charge in [0.25, 0.3) is 0 Å². The molecule has 0 amide bonds. The van der Waals surface area contributed by atoms with E-state index in [1.807, 2.05) is 25.1 Å². The summed E-state index contributed by atoms with van der Waals surface area (Å²) in [5.41, 5.74) is 3.58. The monoisotopic (exact) mass is 341 g/mol. The molecule has 2 aromatic carbocycles. The molecule has 0 atom stereocenters. The summed E-state index contributed by atoms with van der Waals surface area (Å²) in [5.74, 6) is 2.26. The first-order chi connectivity index (χ1) is 12.2. The van der Waals surface area contributed by atoms with Gasteiger partial charge in [-0.2, -0.15) is 0 Å². The van der Waals surface area contributed by atoms with Gasteiger partial charge in [-0.3, -0.25) is 4.99 Å². The van der Waals surface area contributed by atoms with Crippen LogP contribution in [-0.2, 0) is 13.1 Å². The molecule has 0 aliphatic heterocycles. The second-order valence-corrected chi connectivity index (χ2v) is 5.68. The predicted molar refractivity (Wildman–Crippen MR) is 102 cm³/mol. The van der Waals surface area contributed by atoms with Gasteiger partial charge in [0.1, 0.15) is 0 Å². The van der Waals surface area contributed by atoms with Crippen LogP contribution < -0.4 is 20.1 Å². The van der Waals surface area contributed by atoms with Gasteiger partial charge >= 0.3 is 0 Å². The maximum Gasteiger partial charge on any atom is 0.191 e. The van der Waals surface area contributed by atoms with Gasteiger partial charge in [0, 0.05) is 20.1 Å². The smallest absolute Gasteiger partial charge is 0.191 e. The van der Waals surface area contributed by atoms with E-state index in [1.165, 1.54) is 11.1 Å². The number of aliphatic imine (C=N–C) groups is 1. The van der Waals surface area contributed by atoms with Crippen molar-refractivity contribution in [2.45, 2.75) is 26.9 Å². The second-order valence-electron chi connectivity index (χ2n) is 5.68. The molecule has 0 saturated carbocycles. The summed E-state index contributed by atoms with van der Waals surface area (Å²) in [6.07, 6.45) is 0. The van der Waals surface area contributed by atoms with Crippen LogP contribution in [-0.4, -0.2) is 26.7 Å². The Kier molecular flexibility index (Phi) is 7.14. The summed E-state index contributed by atoms with van der Waals surface area (Å²) in [7, 11) is 3.41. The molecule has 2 rings (SSSR count). The maximum absolute atomic E-state index is 5.62. The molecule has 0 unspecified atom stereocenters. The topological polar surface area (TPSA) is 54.9 Å². The Morgan fingerprint density at radius 3 is 2.20 bits per heavy atom. The summed E-state index contributed by atoms with van der Waals surface area (Å²) < 4.78 is 10.9. The predicted octanol–water partition coefficient (Wildman–Crippen LogP) is 3.27. The highest BCUT2D eigenvalue weighted by Crippen LogP contribution is 2.27. The molecule has 0 fully saturated rings. The SMILES string of the molecule is CCOc1cc(CNC(=NC)NCc2ccc(C)cc2)ccc1OC. The lowest BCUT2D eigenvalue weighted by molar-refractivity contribution is 0.310. The fourth-order valence-electron chi connectivity index (χ4n) is 2.40. The molecule has 5 heteroatoms. The number of ether oxygens (including phenoxy) is 2. The van der Waals surface area contributed by atoms with Gasteiger partial charge in [-0.05, 0) is 37.1 Å². The molecule has 25 heavy (non-hydrogen) atoms. The molecule has 2 N–H and O–H groups in total. The molecule has 0 radical (unpaired) electrons. The number of hydrogen-bond donors (Lipinski definition) is 2. The molecule has 5 nitrogen and oxygen atoms in total. The maximum atomic E-state index is 5.62. The van der Waals surface area contributed by atoms with Gasteiger partial charge in [-0.25, -0.2) is 0 Å². The molecule has 0 bridgehead atoms. The van der Waals surface area contributed by atoms with Crippen LogP contribution in [0, 0.1) is 6.92 Å². The van der Waals surface area contributed by atoms with Gasteiger partial charge in [0.05, 0.1) is 13.7 Å². The molecule has 0 spiro atoms. The number of nitrogens with zero attached hydrogens (tertiary/aromatic N) is 1. The van der Waals surface area contributed by atoms with Crippen molar-refractivity contribution in [1.29, 1.82) is 0 Å². The quantitative estimate of drug-likeness (QED) is 0.599. The van der Waals surface area contributed by atoms with Crippen LogP contribution in [0.2, 0.25) is 0 Å². The average Bonchev–Trinajstić information content (AvgIpc) is 2.64. The minimum atomic E-state index is 0.604. The normalized spacial score (nSPS) is 11.1. The number of guanidine groups is 1. The van der Waals surface area contributed by atoms with Crippen LogP contribution in [0.1, 0.15) is 23.6 Å². The van der Waals surface area contributed by atoms with Crippen LogP contribution in [0.25, 0.3) is 0 Å². The van der Waals surface area contributed by atoms with Gasteiger partial charge in [0.2, 0.25) is 0 Å². The van der Waals surface area contributed by atoms with Crippen molar-refractivity contribution in [2.75, 3.05) is 20.8 Å². The molecule has 0 heterocycles. The lowest BCUT2D eigenvalue weighted by Gasteiger charge is -2.14. The van der Waals surface area contributed by atoms with E-state index in [1.54, 1.807) is 14.2 Å². The standard InChI is InChI=1S/C20H27N3O2/c1-5-25-19-12-17(10-11-18(19)24-4)14-23-20(21-3)22-13-16-8-6-15(2)7-9-16/h6-12H,5,13-14H2,1-4H3,(H2,21,22,23). The Morgan fingerprint density at radius 2 is 1.60 bits per heavy atom. The van der Waals surface area contributed by atoms with E-state index in [0.29, 0.717) is 13.2 Å². The number of rotatable bonds is 7. The third kappa shape index (κ3) is 5.71. The highest BCUT2D eigenvalue weighted by molar-refractivity contribution is 5.79. The number of methoxy groups -OCH3 is 1. The van der Waals surface area contributed by atoms with Crippen molar-refractivity contribution in [3.05, 3.63) is 59.2 Å². The van der Waals surface area contributed by atoms with Crippen LogP contribution in [0.4, 0.5) is 0 Å². The molecular weight excluding hydrogens is 314 g/mol. The molecule has 134 valence electrons. The number of hydrogen-bond acceptors (Lipinski definition) is 3. The fourth-order valence-corrected chi connectivity index (χ4v) is 2.40. The molecule has 0 saturated heterocycles. The summed E-state index contributed by atoms with van der Waals surface area (Å²) in [6, 6.07) is 14.4. The molecule has 0 aliphatic carbocycles. The van der Waals surface area contributed by atoms with E-state index in [9.17, 15) is 0 Å². The molecule has 2 aromatic rings. The second kappa shape index (κ2) is 9.57. The van der Waals surface area contributed by atoms with E-state index >= 15 is 0 Å². The van der Waals surface area contributed by atoms with Gasteiger partial charge < -0.3 is 20.1 Å². The van der Waals surface area contributed by atoms with E-state index < -0.39 is 0 Å². The summed E-state index contributed by atoms with van der Waals surface area (Å²) in [4.78, 5) is 4.27. The summed E-state index contributed by atoms with van der Waals surface area (Å²) in [5, 5.41) is 6.64. The summed E-state index contributed by atoms with van der Waals surface area (Å²) in [6.45, 7) is 6.03. The van der Waals surface area contributed by atoms with Gasteiger partial charge in [0.15, 0.2) is 17.5 Å². The van der Waals surface area contributed by atoms with E-state index in [-0.39, 0.29) is 0 Å². The van der Waals surface area contributed by atoms with Crippen LogP contribution in [0.5, 0.6) is 11.5 Å². The van der Waals surface area contributed by atoms with E-state index in [0.717, 1.165) is 29.6 Å². The first-order valence-electron chi connectivity index (χ1n) is 8.46. The lowest BCUT2D eigenvalue weighted by Crippen LogP contribution is -2.36. The zero-order valence-corrected chi connectivity index (χ0v) is 15.4. The zero-order valence-electron chi connectivity index (χ0n) is 15.4. The van der Waals surface area contributed by atoms with E-state index in [2.05, 4.69) is 46.8 Å². The van der Waals surface area contributed by atoms with Crippen molar-refractivity contribution >= 4 is 5.96 Å². The van der Waals surface area contributed by atoms with Crippen molar-refractivity contribution in [2.24, 2.45) is 4.99 Å². The third-order valence-electron chi connectivity index (χ3n) is 3.79. The number of benzene rings is 2. The Hall–Kier alpha value is -2.69. The Bertz CT molecular complexity index is 697. The highest BCUT2D eigenvalue weighted by Gasteiger charge is 2.06. The van der Waals surface area contributed by atoms with Crippen molar-refractivity contribution < 1.29 is 9.47 Å². The average molecular weight is 341 g/mol. The summed E-state index contributed by atoms with van der Waals surface area (Å²) >= 11 is 0. The van der Waals surface area contributed by atoms with Crippen molar-refractivity contribution in [3.8, 4) is 11.5 Å². The highest BCUT2D eigenvalue weighted by atomic mass is 16.5. The minimum absolute atomic E-state index is 0.604. The van der Waals surface area contributed by atoms with Crippen LogP contribution in [0.3, 0.4) is 0 Å². The van der Waals surface area contributed by atoms with Gasteiger partial charge in [-0.15, -0.1) is 0 Å². The first kappa shape index (κ1) is 18.6. The molecule has 0 aliphatic rings. The van der Waals surface area contributed by atoms with Crippen molar-refractivity contribution in [3.63, 3.8) is 0 Å². The zero-order chi connectivity index (χ0) is 18.1. The Labute approximate surface area is 150 Å². The largest absolute Gasteiger partial charge is 0.493 e. The molecule has 0 aromatic heterocycles.